The van der Waals surface area contributed by atoms with Gasteiger partial charge in [-0.1, -0.05) is 31.8 Å². The standard InChI is InChI=1S/C42H49F2N5O5/c1-5-25-17-26(18-25)21-48-14-8-13-42(12-7-9-32(42)48)24-54-40-46-37-34(38(47-40)49-15-16-53-23-41(3,51)22-49)39(52-4)45-36(35(37)44)30-20-28(50)19-27-10-11-31(43)29(6-2)33(27)30/h2,10-11,19-20,25-26,32,50-51H,5,7-9,12-18,21-24H2,1,3-4H3/t25?,26?,32-,41+,42-/m1/s1. The van der Waals surface area contributed by atoms with Crippen LogP contribution in [0.3, 0.4) is 0 Å². The minimum Gasteiger partial charge on any atom is -0.508 e. The van der Waals surface area contributed by atoms with Crippen molar-refractivity contribution in [2.45, 2.75) is 76.9 Å². The number of methoxy groups -OCH3 is 1. The van der Waals surface area contributed by atoms with Crippen molar-refractivity contribution >= 4 is 27.5 Å². The first-order chi connectivity index (χ1) is 26.0. The van der Waals surface area contributed by atoms with Crippen molar-refractivity contribution in [1.29, 1.82) is 0 Å². The van der Waals surface area contributed by atoms with Crippen LogP contribution in [0.2, 0.25) is 0 Å². The van der Waals surface area contributed by atoms with E-state index in [-0.39, 0.29) is 75.1 Å². The Morgan fingerprint density at radius 2 is 1.89 bits per heavy atom. The van der Waals surface area contributed by atoms with Gasteiger partial charge in [-0.2, -0.15) is 9.97 Å². The van der Waals surface area contributed by atoms with Crippen LogP contribution in [0.4, 0.5) is 14.6 Å². The van der Waals surface area contributed by atoms with Crippen molar-refractivity contribution in [3.8, 4) is 41.2 Å². The number of halogens is 2. The van der Waals surface area contributed by atoms with E-state index >= 15 is 8.78 Å². The number of β-amino-alcohol motifs (C(OH)–C–C–N with tert-alkyl or cyclic N) is 1. The number of hydrogen-bond acceptors (Lipinski definition) is 10. The molecule has 2 aliphatic heterocycles. The van der Waals surface area contributed by atoms with Gasteiger partial charge in [0.15, 0.2) is 5.82 Å². The van der Waals surface area contributed by atoms with E-state index in [0.29, 0.717) is 31.2 Å². The highest BCUT2D eigenvalue weighted by Crippen LogP contribution is 2.50. The third-order valence-electron chi connectivity index (χ3n) is 12.4. The number of aliphatic hydroxyl groups is 1. The molecule has 10 nitrogen and oxygen atoms in total. The molecular weight excluding hydrogens is 692 g/mol. The number of phenols is 1. The van der Waals surface area contributed by atoms with E-state index in [0.717, 1.165) is 57.0 Å². The Kier molecular flexibility index (Phi) is 9.78. The summed E-state index contributed by atoms with van der Waals surface area (Å²) in [4.78, 5) is 18.7. The van der Waals surface area contributed by atoms with Crippen LogP contribution < -0.4 is 14.4 Å². The lowest BCUT2D eigenvalue weighted by Gasteiger charge is -2.49. The molecule has 0 unspecified atom stereocenters. The van der Waals surface area contributed by atoms with E-state index in [4.69, 9.17) is 30.6 Å². The van der Waals surface area contributed by atoms with Gasteiger partial charge in [0.25, 0.3) is 0 Å². The summed E-state index contributed by atoms with van der Waals surface area (Å²) in [5.74, 6) is 2.60. The maximum atomic E-state index is 17.3. The molecule has 4 heterocycles. The molecule has 2 aliphatic carbocycles. The third-order valence-corrected chi connectivity index (χ3v) is 12.4. The van der Waals surface area contributed by atoms with Crippen LogP contribution in [0.15, 0.2) is 24.3 Å². The number of aromatic nitrogens is 3. The number of nitrogens with zero attached hydrogens (tertiary/aromatic N) is 5. The summed E-state index contributed by atoms with van der Waals surface area (Å²) in [5, 5.41) is 22.7. The summed E-state index contributed by atoms with van der Waals surface area (Å²) in [6.07, 6.45) is 15.1. The highest BCUT2D eigenvalue weighted by atomic mass is 19.1. The van der Waals surface area contributed by atoms with Gasteiger partial charge in [-0.05, 0) is 87.4 Å². The molecule has 2 saturated heterocycles. The van der Waals surface area contributed by atoms with Gasteiger partial charge in [-0.3, -0.25) is 4.90 Å². The molecule has 2 saturated carbocycles. The predicted octanol–water partition coefficient (Wildman–Crippen LogP) is 6.86. The zero-order chi connectivity index (χ0) is 37.8. The van der Waals surface area contributed by atoms with Crippen LogP contribution >= 0.6 is 0 Å². The minimum absolute atomic E-state index is 0.00142. The second kappa shape index (κ2) is 14.4. The molecule has 2 aromatic heterocycles. The number of hydrogen-bond donors (Lipinski definition) is 2. The van der Waals surface area contributed by atoms with Crippen LogP contribution in [0.25, 0.3) is 32.9 Å². The molecule has 3 atom stereocenters. The first-order valence-corrected chi connectivity index (χ1v) is 19.3. The maximum Gasteiger partial charge on any atom is 0.319 e. The molecule has 54 heavy (non-hydrogen) atoms. The maximum absolute atomic E-state index is 17.3. The number of likely N-dealkylation sites (tertiary alicyclic amines) is 1. The van der Waals surface area contributed by atoms with Gasteiger partial charge in [-0.15, -0.1) is 6.42 Å². The Bertz CT molecular complexity index is 2120. The lowest BCUT2D eigenvalue weighted by Crippen LogP contribution is -2.54. The van der Waals surface area contributed by atoms with Crippen molar-refractivity contribution in [1.82, 2.24) is 19.9 Å². The Hall–Kier alpha value is -4.31. The SMILES string of the molecule is C#Cc1c(F)ccc2cc(O)cc(-c3nc(OC)c4c(N5CCOC[C@@](C)(O)C5)nc(OC[C@]56CCC[C@H]5N(CC5CC(CC)C5)CCC6)nc4c3F)c12. The van der Waals surface area contributed by atoms with E-state index < -0.39 is 17.2 Å². The van der Waals surface area contributed by atoms with E-state index in [1.165, 1.54) is 50.6 Å². The largest absolute Gasteiger partial charge is 0.508 e. The topological polar surface area (TPSA) is 113 Å². The first-order valence-electron chi connectivity index (χ1n) is 19.3. The van der Waals surface area contributed by atoms with Gasteiger partial charge in [0.2, 0.25) is 5.88 Å². The number of fused-ring (bicyclic) bond motifs is 3. The fourth-order valence-electron chi connectivity index (χ4n) is 9.79. The van der Waals surface area contributed by atoms with Crippen LogP contribution in [0.1, 0.15) is 70.8 Å². The smallest absolute Gasteiger partial charge is 0.319 e. The molecular formula is C42H49F2N5O5. The van der Waals surface area contributed by atoms with Gasteiger partial charge in [-0.25, -0.2) is 13.8 Å². The van der Waals surface area contributed by atoms with Crippen molar-refractivity contribution in [2.75, 3.05) is 58.0 Å². The van der Waals surface area contributed by atoms with E-state index in [1.807, 2.05) is 4.90 Å². The van der Waals surface area contributed by atoms with E-state index in [1.54, 1.807) is 6.92 Å². The summed E-state index contributed by atoms with van der Waals surface area (Å²) in [5.41, 5.74) is -1.67. The van der Waals surface area contributed by atoms with E-state index in [2.05, 4.69) is 22.7 Å². The average Bonchev–Trinajstić information content (AvgIpc) is 3.49. The van der Waals surface area contributed by atoms with Gasteiger partial charge in [0.05, 0.1) is 39.0 Å². The number of anilines is 1. The zero-order valence-corrected chi connectivity index (χ0v) is 31.3. The second-order valence-electron chi connectivity index (χ2n) is 16.2. The second-order valence-corrected chi connectivity index (χ2v) is 16.2. The number of ether oxygens (including phenoxy) is 3. The molecule has 2 N–H and O–H groups in total. The normalized spacial score (nSPS) is 27.4. The summed E-state index contributed by atoms with van der Waals surface area (Å²) >= 11 is 0. The molecule has 4 aliphatic rings. The minimum atomic E-state index is -1.23. The molecule has 0 spiro atoms. The van der Waals surface area contributed by atoms with Gasteiger partial charge >= 0.3 is 6.01 Å². The van der Waals surface area contributed by atoms with E-state index in [9.17, 15) is 10.2 Å². The number of pyridine rings is 1. The summed E-state index contributed by atoms with van der Waals surface area (Å²) in [6, 6.07) is 5.83. The fraction of sp³-hybridized carbons (Fsp3) is 0.548. The monoisotopic (exact) mass is 741 g/mol. The summed E-state index contributed by atoms with van der Waals surface area (Å²) in [6.45, 7) is 7.47. The Labute approximate surface area is 314 Å². The molecule has 8 rings (SSSR count). The van der Waals surface area contributed by atoms with Gasteiger partial charge < -0.3 is 29.3 Å². The highest BCUT2D eigenvalue weighted by Gasteiger charge is 2.49. The Balaban J connectivity index is 1.24. The lowest BCUT2D eigenvalue weighted by molar-refractivity contribution is -0.0193. The third kappa shape index (κ3) is 6.58. The number of piperidine rings is 1. The molecule has 0 bridgehead atoms. The lowest BCUT2D eigenvalue weighted by atomic mass is 9.71. The zero-order valence-electron chi connectivity index (χ0n) is 31.3. The fourth-order valence-corrected chi connectivity index (χ4v) is 9.79. The Morgan fingerprint density at radius 3 is 2.67 bits per heavy atom. The van der Waals surface area contributed by atoms with Gasteiger partial charge in [0.1, 0.15) is 39.6 Å². The van der Waals surface area contributed by atoms with Gasteiger partial charge in [0, 0.05) is 35.5 Å². The highest BCUT2D eigenvalue weighted by molar-refractivity contribution is 6.04. The summed E-state index contributed by atoms with van der Waals surface area (Å²) in [7, 11) is 1.41. The molecule has 2 aromatic carbocycles. The number of benzene rings is 2. The molecule has 4 fully saturated rings. The predicted molar refractivity (Wildman–Crippen MR) is 203 cm³/mol. The summed E-state index contributed by atoms with van der Waals surface area (Å²) < 4.78 is 50.5. The van der Waals surface area contributed by atoms with Crippen LogP contribution in [0, 0.1) is 41.2 Å². The first kappa shape index (κ1) is 36.7. The molecule has 286 valence electrons. The van der Waals surface area contributed by atoms with Crippen LogP contribution in [-0.2, 0) is 4.74 Å². The average molecular weight is 742 g/mol. The van der Waals surface area contributed by atoms with Crippen molar-refractivity contribution < 1.29 is 33.2 Å². The van der Waals surface area contributed by atoms with Crippen molar-refractivity contribution in [3.05, 3.63) is 41.5 Å². The van der Waals surface area contributed by atoms with Crippen LogP contribution in [-0.4, -0.2) is 94.8 Å². The molecule has 0 radical (unpaired) electrons. The quantitative estimate of drug-likeness (QED) is 0.177. The van der Waals surface area contributed by atoms with Crippen molar-refractivity contribution in [3.63, 3.8) is 0 Å². The molecule has 12 heteroatoms. The van der Waals surface area contributed by atoms with Crippen molar-refractivity contribution in [2.24, 2.45) is 17.3 Å². The number of phenolic OH excluding ortho intramolecular Hbond substituents is 1. The molecule has 0 amide bonds. The Morgan fingerprint density at radius 1 is 1.07 bits per heavy atom. The molecule has 4 aromatic rings. The number of terminal acetylenes is 1. The number of aromatic hydroxyl groups is 1. The van der Waals surface area contributed by atoms with Crippen LogP contribution in [0.5, 0.6) is 17.6 Å². The number of rotatable bonds is 9.